The number of amides is 3. The standard InChI is InChI=1S/C21H23N3O4/c1-23(15-16-7-3-2-4-8-16)20(26)17-9-5-6-10-18(17)22-19(25)21(27)24-11-13-28-14-12-24/h2-10H,11-15H2,1H3,(H,22,25). The van der Waals surface area contributed by atoms with Crippen LogP contribution in [-0.4, -0.2) is 60.9 Å². The molecule has 1 aliphatic heterocycles. The zero-order chi connectivity index (χ0) is 19.9. The summed E-state index contributed by atoms with van der Waals surface area (Å²) in [4.78, 5) is 40.6. The second-order valence-electron chi connectivity index (χ2n) is 6.55. The largest absolute Gasteiger partial charge is 0.378 e. The van der Waals surface area contributed by atoms with Crippen molar-refractivity contribution in [2.75, 3.05) is 38.7 Å². The maximum Gasteiger partial charge on any atom is 0.313 e. The number of ether oxygens (including phenoxy) is 1. The SMILES string of the molecule is CN(Cc1ccccc1)C(=O)c1ccccc1NC(=O)C(=O)N1CCOCC1. The van der Waals surface area contributed by atoms with E-state index >= 15 is 0 Å². The number of hydrogen-bond donors (Lipinski definition) is 1. The quantitative estimate of drug-likeness (QED) is 0.819. The van der Waals surface area contributed by atoms with Gasteiger partial charge in [-0.25, -0.2) is 0 Å². The molecule has 1 saturated heterocycles. The molecule has 1 N–H and O–H groups in total. The second kappa shape index (κ2) is 9.14. The van der Waals surface area contributed by atoms with E-state index in [0.29, 0.717) is 44.1 Å². The summed E-state index contributed by atoms with van der Waals surface area (Å²) in [5.41, 5.74) is 1.66. The van der Waals surface area contributed by atoms with Crippen LogP contribution in [0.1, 0.15) is 15.9 Å². The van der Waals surface area contributed by atoms with Crippen molar-refractivity contribution in [3.8, 4) is 0 Å². The first-order chi connectivity index (χ1) is 13.6. The topological polar surface area (TPSA) is 79.0 Å². The van der Waals surface area contributed by atoms with E-state index in [1.165, 1.54) is 4.90 Å². The van der Waals surface area contributed by atoms with E-state index in [-0.39, 0.29) is 5.91 Å². The van der Waals surface area contributed by atoms with E-state index in [9.17, 15) is 14.4 Å². The molecule has 0 aliphatic carbocycles. The molecule has 1 fully saturated rings. The van der Waals surface area contributed by atoms with E-state index in [2.05, 4.69) is 5.32 Å². The fourth-order valence-corrected chi connectivity index (χ4v) is 3.00. The van der Waals surface area contributed by atoms with Crippen LogP contribution in [0.4, 0.5) is 5.69 Å². The van der Waals surface area contributed by atoms with Gasteiger partial charge in [-0.1, -0.05) is 42.5 Å². The number of hydrogen-bond acceptors (Lipinski definition) is 4. The van der Waals surface area contributed by atoms with Crippen molar-refractivity contribution in [1.82, 2.24) is 9.80 Å². The molecule has 0 atom stereocenters. The number of nitrogens with zero attached hydrogens (tertiary/aromatic N) is 2. The molecule has 3 amide bonds. The minimum absolute atomic E-state index is 0.237. The number of nitrogens with one attached hydrogen (secondary N) is 1. The zero-order valence-electron chi connectivity index (χ0n) is 15.8. The molecule has 2 aromatic rings. The zero-order valence-corrected chi connectivity index (χ0v) is 15.8. The van der Waals surface area contributed by atoms with Gasteiger partial charge in [0.25, 0.3) is 5.91 Å². The fourth-order valence-electron chi connectivity index (χ4n) is 3.00. The molecule has 2 aromatic carbocycles. The van der Waals surface area contributed by atoms with Crippen molar-refractivity contribution in [1.29, 1.82) is 0 Å². The maximum absolute atomic E-state index is 12.9. The van der Waals surface area contributed by atoms with E-state index in [0.717, 1.165) is 5.56 Å². The Morgan fingerprint density at radius 1 is 1.00 bits per heavy atom. The average molecular weight is 381 g/mol. The lowest BCUT2D eigenvalue weighted by Crippen LogP contribution is -2.46. The number of morpholine rings is 1. The first-order valence-corrected chi connectivity index (χ1v) is 9.12. The summed E-state index contributed by atoms with van der Waals surface area (Å²) in [6, 6.07) is 16.3. The van der Waals surface area contributed by atoms with Crippen LogP contribution in [0.2, 0.25) is 0 Å². The highest BCUT2D eigenvalue weighted by Crippen LogP contribution is 2.18. The molecule has 0 spiro atoms. The summed E-state index contributed by atoms with van der Waals surface area (Å²) in [6.45, 7) is 2.03. The van der Waals surface area contributed by atoms with Crippen LogP contribution in [0.15, 0.2) is 54.6 Å². The Kier molecular flexibility index (Phi) is 6.39. The van der Waals surface area contributed by atoms with Gasteiger partial charge in [-0.05, 0) is 17.7 Å². The predicted molar refractivity (Wildman–Crippen MR) is 105 cm³/mol. The minimum atomic E-state index is -0.757. The molecule has 28 heavy (non-hydrogen) atoms. The van der Waals surface area contributed by atoms with Crippen LogP contribution < -0.4 is 5.32 Å². The van der Waals surface area contributed by atoms with Crippen LogP contribution in [0.3, 0.4) is 0 Å². The van der Waals surface area contributed by atoms with Gasteiger partial charge in [-0.2, -0.15) is 0 Å². The highest BCUT2D eigenvalue weighted by atomic mass is 16.5. The van der Waals surface area contributed by atoms with Gasteiger partial charge in [0.1, 0.15) is 0 Å². The van der Waals surface area contributed by atoms with Crippen molar-refractivity contribution in [2.24, 2.45) is 0 Å². The van der Waals surface area contributed by atoms with Gasteiger partial charge < -0.3 is 19.9 Å². The number of benzene rings is 2. The van der Waals surface area contributed by atoms with Gasteiger partial charge in [0.15, 0.2) is 0 Å². The van der Waals surface area contributed by atoms with Crippen molar-refractivity contribution < 1.29 is 19.1 Å². The molecule has 0 unspecified atom stereocenters. The third-order valence-electron chi connectivity index (χ3n) is 4.51. The van der Waals surface area contributed by atoms with Crippen molar-refractivity contribution >= 4 is 23.4 Å². The summed E-state index contributed by atoms with van der Waals surface area (Å²) in [5, 5.41) is 2.59. The molecule has 3 rings (SSSR count). The van der Waals surface area contributed by atoms with E-state index in [4.69, 9.17) is 4.74 Å². The van der Waals surface area contributed by atoms with Crippen molar-refractivity contribution in [2.45, 2.75) is 6.54 Å². The monoisotopic (exact) mass is 381 g/mol. The number of carbonyl (C=O) groups is 3. The van der Waals surface area contributed by atoms with Gasteiger partial charge in [0, 0.05) is 26.7 Å². The Bertz CT molecular complexity index is 848. The Balaban J connectivity index is 1.70. The average Bonchev–Trinajstić information content (AvgIpc) is 2.74. The van der Waals surface area contributed by atoms with Gasteiger partial charge in [0.05, 0.1) is 24.5 Å². The number of rotatable bonds is 4. The number of anilines is 1. The van der Waals surface area contributed by atoms with Gasteiger partial charge in [0.2, 0.25) is 0 Å². The molecule has 0 radical (unpaired) electrons. The molecule has 7 heteroatoms. The summed E-state index contributed by atoms with van der Waals surface area (Å²) in [7, 11) is 1.70. The second-order valence-corrected chi connectivity index (χ2v) is 6.55. The van der Waals surface area contributed by atoms with Crippen LogP contribution in [0, 0.1) is 0 Å². The molecule has 146 valence electrons. The molecule has 1 aliphatic rings. The van der Waals surface area contributed by atoms with E-state index in [1.54, 1.807) is 36.2 Å². The maximum atomic E-state index is 12.9. The summed E-state index contributed by atoms with van der Waals surface area (Å²) >= 11 is 0. The minimum Gasteiger partial charge on any atom is -0.378 e. The third kappa shape index (κ3) is 4.75. The number of carbonyl (C=O) groups excluding carboxylic acids is 3. The normalized spacial score (nSPS) is 13.7. The Hall–Kier alpha value is -3.19. The summed E-state index contributed by atoms with van der Waals surface area (Å²) in [6.07, 6.45) is 0. The molecular formula is C21H23N3O4. The molecule has 0 aromatic heterocycles. The lowest BCUT2D eigenvalue weighted by atomic mass is 10.1. The predicted octanol–water partition coefficient (Wildman–Crippen LogP) is 1.76. The Morgan fingerprint density at radius 2 is 1.64 bits per heavy atom. The summed E-state index contributed by atoms with van der Waals surface area (Å²) in [5.74, 6) is -1.62. The Labute approximate surface area is 163 Å². The highest BCUT2D eigenvalue weighted by molar-refractivity contribution is 6.39. The first-order valence-electron chi connectivity index (χ1n) is 9.12. The lowest BCUT2D eigenvalue weighted by molar-refractivity contribution is -0.145. The summed E-state index contributed by atoms with van der Waals surface area (Å²) < 4.78 is 5.20. The smallest absolute Gasteiger partial charge is 0.313 e. The van der Waals surface area contributed by atoms with Gasteiger partial charge in [-0.3, -0.25) is 14.4 Å². The highest BCUT2D eigenvalue weighted by Gasteiger charge is 2.25. The van der Waals surface area contributed by atoms with Crippen molar-refractivity contribution in [3.05, 3.63) is 65.7 Å². The van der Waals surface area contributed by atoms with E-state index in [1.807, 2.05) is 30.3 Å². The Morgan fingerprint density at radius 3 is 2.36 bits per heavy atom. The fraction of sp³-hybridized carbons (Fsp3) is 0.286. The van der Waals surface area contributed by atoms with Crippen LogP contribution >= 0.6 is 0 Å². The molecule has 0 bridgehead atoms. The number of para-hydroxylation sites is 1. The van der Waals surface area contributed by atoms with Gasteiger partial charge >= 0.3 is 11.8 Å². The van der Waals surface area contributed by atoms with Crippen molar-refractivity contribution in [3.63, 3.8) is 0 Å². The van der Waals surface area contributed by atoms with Crippen LogP contribution in [0.25, 0.3) is 0 Å². The molecular weight excluding hydrogens is 358 g/mol. The van der Waals surface area contributed by atoms with Gasteiger partial charge in [-0.15, -0.1) is 0 Å². The molecule has 1 heterocycles. The van der Waals surface area contributed by atoms with E-state index < -0.39 is 11.8 Å². The first kappa shape index (κ1) is 19.6. The third-order valence-corrected chi connectivity index (χ3v) is 4.51. The molecule has 7 nitrogen and oxygen atoms in total. The van der Waals surface area contributed by atoms with Crippen LogP contribution in [-0.2, 0) is 20.9 Å². The lowest BCUT2D eigenvalue weighted by Gasteiger charge is -2.26. The molecule has 0 saturated carbocycles. The van der Waals surface area contributed by atoms with Crippen LogP contribution in [0.5, 0.6) is 0 Å².